The van der Waals surface area contributed by atoms with Crippen molar-refractivity contribution in [3.8, 4) is 5.88 Å². The molecule has 0 aromatic carbocycles. The Balaban J connectivity index is 2.99. The van der Waals surface area contributed by atoms with Crippen LogP contribution in [0, 0.1) is 12.8 Å². The van der Waals surface area contributed by atoms with Crippen molar-refractivity contribution in [3.05, 3.63) is 11.3 Å². The van der Waals surface area contributed by atoms with E-state index in [1.807, 2.05) is 6.92 Å². The number of ether oxygens (including phenoxy) is 1. The lowest BCUT2D eigenvalue weighted by Gasteiger charge is -2.10. The number of carboxylic acid groups (broad SMARTS) is 1. The summed E-state index contributed by atoms with van der Waals surface area (Å²) < 4.78 is 6.79. The standard InChI is InChI=1S/C10H17N3O3/c1-6-8(4-7(5-11)10(14)15)9(16-3)13(2)12-6/h7H,4-5,11H2,1-3H3,(H,14,15). The second-order valence-electron chi connectivity index (χ2n) is 3.67. The first-order chi connectivity index (χ1) is 7.51. The Hall–Kier alpha value is -1.56. The van der Waals surface area contributed by atoms with Gasteiger partial charge in [-0.2, -0.15) is 5.10 Å². The third kappa shape index (κ3) is 2.33. The maximum absolute atomic E-state index is 10.9. The maximum atomic E-state index is 10.9. The van der Waals surface area contributed by atoms with E-state index in [1.165, 1.54) is 7.11 Å². The molecule has 0 fully saturated rings. The second kappa shape index (κ2) is 4.98. The third-order valence-corrected chi connectivity index (χ3v) is 2.57. The molecular weight excluding hydrogens is 210 g/mol. The van der Waals surface area contributed by atoms with E-state index in [1.54, 1.807) is 11.7 Å². The first kappa shape index (κ1) is 12.5. The SMILES string of the molecule is COc1c(CC(CN)C(=O)O)c(C)nn1C. The van der Waals surface area contributed by atoms with Gasteiger partial charge in [0, 0.05) is 19.2 Å². The van der Waals surface area contributed by atoms with Gasteiger partial charge in [0.05, 0.1) is 18.7 Å². The van der Waals surface area contributed by atoms with E-state index in [-0.39, 0.29) is 6.54 Å². The van der Waals surface area contributed by atoms with Crippen LogP contribution in [-0.4, -0.2) is 34.5 Å². The number of aliphatic carboxylic acids is 1. The smallest absolute Gasteiger partial charge is 0.308 e. The molecule has 16 heavy (non-hydrogen) atoms. The summed E-state index contributed by atoms with van der Waals surface area (Å²) in [5, 5.41) is 13.1. The van der Waals surface area contributed by atoms with E-state index in [4.69, 9.17) is 15.6 Å². The van der Waals surface area contributed by atoms with E-state index in [9.17, 15) is 4.79 Å². The molecule has 0 spiro atoms. The molecule has 3 N–H and O–H groups in total. The number of nitrogens with zero attached hydrogens (tertiary/aromatic N) is 2. The molecule has 0 aliphatic heterocycles. The highest BCUT2D eigenvalue weighted by molar-refractivity contribution is 5.70. The van der Waals surface area contributed by atoms with Crippen LogP contribution in [0.3, 0.4) is 0 Å². The average molecular weight is 227 g/mol. The number of carboxylic acids is 1. The molecule has 1 rings (SSSR count). The van der Waals surface area contributed by atoms with Crippen molar-refractivity contribution in [1.82, 2.24) is 9.78 Å². The first-order valence-corrected chi connectivity index (χ1v) is 5.00. The van der Waals surface area contributed by atoms with Crippen LogP contribution in [0.5, 0.6) is 5.88 Å². The van der Waals surface area contributed by atoms with Crippen LogP contribution in [0.15, 0.2) is 0 Å². The molecular formula is C10H17N3O3. The summed E-state index contributed by atoms with van der Waals surface area (Å²) >= 11 is 0. The van der Waals surface area contributed by atoms with Crippen LogP contribution >= 0.6 is 0 Å². The lowest BCUT2D eigenvalue weighted by molar-refractivity contribution is -0.141. The number of aromatic nitrogens is 2. The van der Waals surface area contributed by atoms with Gasteiger partial charge in [-0.25, -0.2) is 4.68 Å². The van der Waals surface area contributed by atoms with E-state index in [0.29, 0.717) is 12.3 Å². The Labute approximate surface area is 94.0 Å². The van der Waals surface area contributed by atoms with Crippen LogP contribution in [0.2, 0.25) is 0 Å². The summed E-state index contributed by atoms with van der Waals surface area (Å²) in [6.45, 7) is 1.93. The molecule has 6 heteroatoms. The van der Waals surface area contributed by atoms with Gasteiger partial charge >= 0.3 is 5.97 Å². The van der Waals surface area contributed by atoms with Crippen molar-refractivity contribution in [3.63, 3.8) is 0 Å². The summed E-state index contributed by atoms with van der Waals surface area (Å²) in [4.78, 5) is 10.9. The summed E-state index contributed by atoms with van der Waals surface area (Å²) in [7, 11) is 3.30. The normalized spacial score (nSPS) is 12.5. The summed E-state index contributed by atoms with van der Waals surface area (Å²) in [5.41, 5.74) is 7.01. The molecule has 1 atom stereocenters. The van der Waals surface area contributed by atoms with Gasteiger partial charge in [-0.15, -0.1) is 0 Å². The van der Waals surface area contributed by atoms with Crippen LogP contribution in [-0.2, 0) is 18.3 Å². The zero-order chi connectivity index (χ0) is 12.3. The van der Waals surface area contributed by atoms with Gasteiger partial charge in [-0.3, -0.25) is 4.79 Å². The highest BCUT2D eigenvalue weighted by Gasteiger charge is 2.22. The second-order valence-corrected chi connectivity index (χ2v) is 3.67. The van der Waals surface area contributed by atoms with E-state index in [0.717, 1.165) is 11.3 Å². The van der Waals surface area contributed by atoms with Crippen molar-refractivity contribution >= 4 is 5.97 Å². The Morgan fingerprint density at radius 1 is 1.69 bits per heavy atom. The van der Waals surface area contributed by atoms with Gasteiger partial charge in [0.2, 0.25) is 5.88 Å². The zero-order valence-electron chi connectivity index (χ0n) is 9.73. The van der Waals surface area contributed by atoms with Gasteiger partial charge < -0.3 is 15.6 Å². The molecule has 0 radical (unpaired) electrons. The topological polar surface area (TPSA) is 90.4 Å². The van der Waals surface area contributed by atoms with Crippen molar-refractivity contribution < 1.29 is 14.6 Å². The quantitative estimate of drug-likeness (QED) is 0.735. The molecule has 1 aromatic rings. The maximum Gasteiger partial charge on any atom is 0.308 e. The minimum atomic E-state index is -0.896. The van der Waals surface area contributed by atoms with Crippen LogP contribution < -0.4 is 10.5 Å². The Bertz CT molecular complexity index is 387. The molecule has 0 aliphatic rings. The molecule has 0 saturated heterocycles. The monoisotopic (exact) mass is 227 g/mol. The number of carbonyl (C=O) groups is 1. The number of hydrogen-bond donors (Lipinski definition) is 2. The largest absolute Gasteiger partial charge is 0.481 e. The summed E-state index contributed by atoms with van der Waals surface area (Å²) in [5.74, 6) is -0.901. The highest BCUT2D eigenvalue weighted by Crippen LogP contribution is 2.23. The van der Waals surface area contributed by atoms with E-state index >= 15 is 0 Å². The number of hydrogen-bond acceptors (Lipinski definition) is 4. The fraction of sp³-hybridized carbons (Fsp3) is 0.600. The third-order valence-electron chi connectivity index (χ3n) is 2.57. The summed E-state index contributed by atoms with van der Waals surface area (Å²) in [6.07, 6.45) is 0.342. The zero-order valence-corrected chi connectivity index (χ0v) is 9.73. The fourth-order valence-corrected chi connectivity index (χ4v) is 1.69. The Kier molecular flexibility index (Phi) is 3.89. The first-order valence-electron chi connectivity index (χ1n) is 5.00. The molecule has 1 heterocycles. The Morgan fingerprint density at radius 3 is 2.75 bits per heavy atom. The van der Waals surface area contributed by atoms with E-state index < -0.39 is 11.9 Å². The van der Waals surface area contributed by atoms with Gasteiger partial charge in [0.15, 0.2) is 0 Å². The molecule has 6 nitrogen and oxygen atoms in total. The van der Waals surface area contributed by atoms with Gasteiger partial charge in [0.25, 0.3) is 0 Å². The number of rotatable bonds is 5. The van der Waals surface area contributed by atoms with Crippen molar-refractivity contribution in [2.45, 2.75) is 13.3 Å². The van der Waals surface area contributed by atoms with Crippen LogP contribution in [0.25, 0.3) is 0 Å². The molecule has 0 amide bonds. The predicted octanol–water partition coefficient (Wildman–Crippen LogP) is -0.0609. The van der Waals surface area contributed by atoms with Gasteiger partial charge in [-0.05, 0) is 13.3 Å². The fourth-order valence-electron chi connectivity index (χ4n) is 1.69. The average Bonchev–Trinajstić information content (AvgIpc) is 2.48. The summed E-state index contributed by atoms with van der Waals surface area (Å²) in [6, 6.07) is 0. The molecule has 1 aromatic heterocycles. The predicted molar refractivity (Wildman–Crippen MR) is 58.4 cm³/mol. The van der Waals surface area contributed by atoms with Crippen molar-refractivity contribution in [2.75, 3.05) is 13.7 Å². The van der Waals surface area contributed by atoms with Crippen LogP contribution in [0.4, 0.5) is 0 Å². The van der Waals surface area contributed by atoms with Crippen LogP contribution in [0.1, 0.15) is 11.3 Å². The highest BCUT2D eigenvalue weighted by atomic mass is 16.5. The van der Waals surface area contributed by atoms with Crippen molar-refractivity contribution in [2.24, 2.45) is 18.7 Å². The van der Waals surface area contributed by atoms with Gasteiger partial charge in [-0.1, -0.05) is 0 Å². The molecule has 0 bridgehead atoms. The molecule has 0 saturated carbocycles. The lowest BCUT2D eigenvalue weighted by Crippen LogP contribution is -2.25. The Morgan fingerprint density at radius 2 is 2.31 bits per heavy atom. The molecule has 0 aliphatic carbocycles. The lowest BCUT2D eigenvalue weighted by atomic mass is 10.00. The van der Waals surface area contributed by atoms with E-state index in [2.05, 4.69) is 5.10 Å². The van der Waals surface area contributed by atoms with Gasteiger partial charge in [0.1, 0.15) is 0 Å². The van der Waals surface area contributed by atoms with Crippen molar-refractivity contribution in [1.29, 1.82) is 0 Å². The number of methoxy groups -OCH3 is 1. The number of aryl methyl sites for hydroxylation is 2. The minimum absolute atomic E-state index is 0.104. The minimum Gasteiger partial charge on any atom is -0.481 e. The number of nitrogens with two attached hydrogens (primary N) is 1. The molecule has 1 unspecified atom stereocenters. The molecule has 90 valence electrons.